The highest BCUT2D eigenvalue weighted by Crippen LogP contribution is 2.38. The molecule has 0 aliphatic rings. The summed E-state index contributed by atoms with van der Waals surface area (Å²) in [4.78, 5) is 23.0. The number of nitrogens with one attached hydrogen (secondary N) is 1. The van der Waals surface area contributed by atoms with Crippen molar-refractivity contribution in [1.29, 1.82) is 0 Å². The Kier molecular flexibility index (Phi) is 14.2. The van der Waals surface area contributed by atoms with E-state index in [9.17, 15) is 4.79 Å². The third kappa shape index (κ3) is 11.3. The van der Waals surface area contributed by atoms with E-state index >= 15 is 0 Å². The molecule has 1 heterocycles. The van der Waals surface area contributed by atoms with Crippen LogP contribution in [-0.2, 0) is 33.8 Å². The van der Waals surface area contributed by atoms with Crippen LogP contribution in [0.15, 0.2) is 97.3 Å². The SMILES string of the molecule is CCOC(=O)COc1cccc(Nc2cc(N(Cc3c(OC)cc(OCCOCc4ccc(C)cc4)cc3OC)c3cccc(CCN)c3)ncn2)c1. The maximum absolute atomic E-state index is 11.8. The summed E-state index contributed by atoms with van der Waals surface area (Å²) < 4.78 is 34.3. The van der Waals surface area contributed by atoms with Gasteiger partial charge >= 0.3 is 5.97 Å². The molecular formula is C41H47N5O7. The van der Waals surface area contributed by atoms with E-state index in [0.29, 0.717) is 79.8 Å². The Bertz CT molecular complexity index is 1900. The van der Waals surface area contributed by atoms with E-state index < -0.39 is 5.97 Å². The minimum atomic E-state index is -0.434. The van der Waals surface area contributed by atoms with Crippen LogP contribution in [0.5, 0.6) is 23.0 Å². The van der Waals surface area contributed by atoms with Crippen LogP contribution in [0.1, 0.15) is 29.2 Å². The van der Waals surface area contributed by atoms with E-state index in [1.54, 1.807) is 33.3 Å². The maximum atomic E-state index is 11.8. The molecule has 0 bridgehead atoms. The molecule has 5 aromatic rings. The fraction of sp³-hybridized carbons (Fsp3) is 0.293. The van der Waals surface area contributed by atoms with Crippen molar-refractivity contribution in [3.8, 4) is 23.0 Å². The summed E-state index contributed by atoms with van der Waals surface area (Å²) in [7, 11) is 3.24. The number of nitrogens with zero attached hydrogens (tertiary/aromatic N) is 3. The van der Waals surface area contributed by atoms with Gasteiger partial charge in [0.05, 0.1) is 46.1 Å². The first-order chi connectivity index (χ1) is 25.9. The highest BCUT2D eigenvalue weighted by molar-refractivity contribution is 5.71. The molecule has 0 aliphatic carbocycles. The molecule has 0 amide bonds. The van der Waals surface area contributed by atoms with Gasteiger partial charge in [-0.3, -0.25) is 0 Å². The molecule has 0 saturated heterocycles. The van der Waals surface area contributed by atoms with Crippen LogP contribution in [0.25, 0.3) is 0 Å². The largest absolute Gasteiger partial charge is 0.496 e. The fourth-order valence-corrected chi connectivity index (χ4v) is 5.52. The Morgan fingerprint density at radius 2 is 1.60 bits per heavy atom. The molecule has 0 atom stereocenters. The summed E-state index contributed by atoms with van der Waals surface area (Å²) >= 11 is 0. The molecule has 5 rings (SSSR count). The highest BCUT2D eigenvalue weighted by Gasteiger charge is 2.21. The first kappa shape index (κ1) is 38.4. The molecule has 3 N–H and O–H groups in total. The van der Waals surface area contributed by atoms with Gasteiger partial charge in [0.25, 0.3) is 0 Å². The topological polar surface area (TPSA) is 140 Å². The van der Waals surface area contributed by atoms with Gasteiger partial charge in [0, 0.05) is 35.6 Å². The predicted octanol–water partition coefficient (Wildman–Crippen LogP) is 6.92. The van der Waals surface area contributed by atoms with Gasteiger partial charge in [0.15, 0.2) is 6.61 Å². The summed E-state index contributed by atoms with van der Waals surface area (Å²) in [5.74, 6) is 3.03. The number of rotatable bonds is 20. The van der Waals surface area contributed by atoms with Gasteiger partial charge < -0.3 is 44.4 Å². The monoisotopic (exact) mass is 721 g/mol. The summed E-state index contributed by atoms with van der Waals surface area (Å²) in [6, 6.07) is 29.2. The molecule has 4 aromatic carbocycles. The van der Waals surface area contributed by atoms with Gasteiger partial charge in [-0.15, -0.1) is 0 Å². The molecule has 0 saturated carbocycles. The van der Waals surface area contributed by atoms with E-state index in [2.05, 4.69) is 63.5 Å². The quantitative estimate of drug-likeness (QED) is 0.0637. The normalized spacial score (nSPS) is 10.7. The number of aryl methyl sites for hydroxylation is 1. The molecule has 0 unspecified atom stereocenters. The van der Waals surface area contributed by atoms with E-state index in [1.807, 2.05) is 42.5 Å². The Balaban J connectivity index is 1.37. The first-order valence-corrected chi connectivity index (χ1v) is 17.4. The van der Waals surface area contributed by atoms with Gasteiger partial charge in [0.2, 0.25) is 0 Å². The van der Waals surface area contributed by atoms with Crippen molar-refractivity contribution in [2.24, 2.45) is 5.73 Å². The Hall–Kier alpha value is -5.85. The summed E-state index contributed by atoms with van der Waals surface area (Å²) in [5.41, 5.74) is 11.7. The highest BCUT2D eigenvalue weighted by atomic mass is 16.6. The lowest BCUT2D eigenvalue weighted by molar-refractivity contribution is -0.145. The van der Waals surface area contributed by atoms with Crippen LogP contribution in [0.2, 0.25) is 0 Å². The zero-order valence-corrected chi connectivity index (χ0v) is 30.7. The molecule has 12 nitrogen and oxygen atoms in total. The molecule has 0 spiro atoms. The second-order valence-corrected chi connectivity index (χ2v) is 12.0. The van der Waals surface area contributed by atoms with Gasteiger partial charge in [-0.05, 0) is 62.2 Å². The number of aromatic nitrogens is 2. The summed E-state index contributed by atoms with van der Waals surface area (Å²) in [6.45, 7) is 6.06. The smallest absolute Gasteiger partial charge is 0.344 e. The molecular weight excluding hydrogens is 674 g/mol. The number of esters is 1. The van der Waals surface area contributed by atoms with E-state index in [1.165, 1.54) is 11.9 Å². The van der Waals surface area contributed by atoms with Gasteiger partial charge in [-0.1, -0.05) is 48.0 Å². The number of methoxy groups -OCH3 is 2. The number of carbonyl (C=O) groups is 1. The third-order valence-electron chi connectivity index (χ3n) is 8.14. The second kappa shape index (κ2) is 19.7. The molecule has 53 heavy (non-hydrogen) atoms. The van der Waals surface area contributed by atoms with Crippen molar-refractivity contribution in [2.75, 3.05) is 57.4 Å². The van der Waals surface area contributed by atoms with Crippen LogP contribution in [0.3, 0.4) is 0 Å². The number of ether oxygens (including phenoxy) is 6. The molecule has 0 aliphatic heterocycles. The minimum Gasteiger partial charge on any atom is -0.496 e. The van der Waals surface area contributed by atoms with Crippen molar-refractivity contribution in [2.45, 2.75) is 33.4 Å². The van der Waals surface area contributed by atoms with E-state index in [4.69, 9.17) is 34.2 Å². The number of carbonyl (C=O) groups excluding carboxylic acids is 1. The van der Waals surface area contributed by atoms with Crippen molar-refractivity contribution < 1.29 is 33.2 Å². The Labute approximate surface area is 310 Å². The minimum absolute atomic E-state index is 0.184. The summed E-state index contributed by atoms with van der Waals surface area (Å²) in [6.07, 6.45) is 2.22. The van der Waals surface area contributed by atoms with Crippen LogP contribution in [-0.4, -0.2) is 63.1 Å². The van der Waals surface area contributed by atoms with Crippen LogP contribution in [0, 0.1) is 6.92 Å². The van der Waals surface area contributed by atoms with E-state index in [0.717, 1.165) is 28.8 Å². The molecule has 1 aromatic heterocycles. The second-order valence-electron chi connectivity index (χ2n) is 12.0. The van der Waals surface area contributed by atoms with Crippen molar-refractivity contribution in [3.05, 3.63) is 120 Å². The molecule has 12 heteroatoms. The Morgan fingerprint density at radius 3 is 2.34 bits per heavy atom. The molecule has 0 fully saturated rings. The average molecular weight is 722 g/mol. The third-order valence-corrected chi connectivity index (χ3v) is 8.14. The Morgan fingerprint density at radius 1 is 0.830 bits per heavy atom. The van der Waals surface area contributed by atoms with Gasteiger partial charge in [0.1, 0.15) is 47.6 Å². The zero-order chi connectivity index (χ0) is 37.4. The van der Waals surface area contributed by atoms with E-state index in [-0.39, 0.29) is 6.61 Å². The molecule has 278 valence electrons. The van der Waals surface area contributed by atoms with Crippen LogP contribution < -0.4 is 34.9 Å². The van der Waals surface area contributed by atoms with Gasteiger partial charge in [-0.25, -0.2) is 14.8 Å². The number of anilines is 4. The van der Waals surface area contributed by atoms with Crippen molar-refractivity contribution in [1.82, 2.24) is 9.97 Å². The average Bonchev–Trinajstić information content (AvgIpc) is 3.17. The lowest BCUT2D eigenvalue weighted by atomic mass is 10.1. The number of hydrogen-bond acceptors (Lipinski definition) is 12. The van der Waals surface area contributed by atoms with Crippen molar-refractivity contribution >= 4 is 29.0 Å². The standard InChI is InChI=1S/C41H47N5O7/c1-5-51-41(47)27-53-34-11-7-9-32(21-34)45-39-24-40(44-28-43-39)46(33-10-6-8-30(20-33)16-17-42)25-36-37(48-3)22-35(23-38(36)49-4)52-19-18-50-26-31-14-12-29(2)13-15-31/h6-15,20-24,28H,5,16-19,25-27,42H2,1-4H3,(H,43,44,45). The number of hydrogen-bond donors (Lipinski definition) is 2. The maximum Gasteiger partial charge on any atom is 0.344 e. The van der Waals surface area contributed by atoms with Crippen LogP contribution >= 0.6 is 0 Å². The van der Waals surface area contributed by atoms with Crippen molar-refractivity contribution in [3.63, 3.8) is 0 Å². The number of nitrogens with two attached hydrogens (primary N) is 1. The first-order valence-electron chi connectivity index (χ1n) is 17.4. The zero-order valence-electron chi connectivity index (χ0n) is 30.7. The van der Waals surface area contributed by atoms with Gasteiger partial charge in [-0.2, -0.15) is 0 Å². The summed E-state index contributed by atoms with van der Waals surface area (Å²) in [5, 5.41) is 3.33. The molecule has 0 radical (unpaired) electrons. The number of benzene rings is 4. The fourth-order valence-electron chi connectivity index (χ4n) is 5.52. The lowest BCUT2D eigenvalue weighted by Gasteiger charge is -2.27. The van der Waals surface area contributed by atoms with Crippen LogP contribution in [0.4, 0.5) is 23.0 Å². The lowest BCUT2D eigenvalue weighted by Crippen LogP contribution is -2.20. The predicted molar refractivity (Wildman–Crippen MR) is 205 cm³/mol.